The zero-order valence-electron chi connectivity index (χ0n) is 32.3. The Kier molecular flexibility index (Phi) is 31.2. The van der Waals surface area contributed by atoms with Gasteiger partial charge in [-0.15, -0.1) is 0 Å². The van der Waals surface area contributed by atoms with Crippen molar-refractivity contribution >= 4 is 17.9 Å². The smallest absolute Gasteiger partial charge is 0.337 e. The zero-order chi connectivity index (χ0) is 36.5. The van der Waals surface area contributed by atoms with Crippen molar-refractivity contribution in [3.05, 3.63) is 0 Å². The molecule has 0 saturated carbocycles. The third-order valence-corrected chi connectivity index (χ3v) is 10.9. The highest BCUT2D eigenvalue weighted by Gasteiger charge is 2.61. The van der Waals surface area contributed by atoms with Crippen molar-refractivity contribution in [1.82, 2.24) is 0 Å². The fraction of sp³-hybridized carbons (Fsp3) is 0.929. The average molecular weight is 697 g/mol. The molecule has 0 aliphatic carbocycles. The summed E-state index contributed by atoms with van der Waals surface area (Å²) in [5.74, 6) is -4.67. The average Bonchev–Trinajstić information content (AvgIpc) is 3.06. The monoisotopic (exact) mass is 697 g/mol. The fourth-order valence-electron chi connectivity index (χ4n) is 7.55. The molecule has 0 spiro atoms. The Morgan fingerprint density at radius 1 is 0.367 bits per heavy atom. The van der Waals surface area contributed by atoms with Crippen LogP contribution >= 0.6 is 0 Å². The lowest BCUT2D eigenvalue weighted by Gasteiger charge is -2.41. The summed E-state index contributed by atoms with van der Waals surface area (Å²) in [6.45, 7) is 4.50. The highest BCUT2D eigenvalue weighted by atomic mass is 16.4. The molecule has 0 bridgehead atoms. The van der Waals surface area contributed by atoms with Crippen LogP contribution in [-0.2, 0) is 14.4 Å². The molecule has 0 heterocycles. The van der Waals surface area contributed by atoms with Gasteiger partial charge < -0.3 is 20.4 Å². The second-order valence-electron chi connectivity index (χ2n) is 15.2. The van der Waals surface area contributed by atoms with Crippen LogP contribution < -0.4 is 0 Å². The van der Waals surface area contributed by atoms with Crippen molar-refractivity contribution in [2.45, 2.75) is 244 Å². The van der Waals surface area contributed by atoms with Gasteiger partial charge >= 0.3 is 17.9 Å². The first-order chi connectivity index (χ1) is 23.7. The van der Waals surface area contributed by atoms with Crippen molar-refractivity contribution in [2.75, 3.05) is 0 Å². The fourth-order valence-corrected chi connectivity index (χ4v) is 7.55. The van der Waals surface area contributed by atoms with Gasteiger partial charge in [0.25, 0.3) is 0 Å². The van der Waals surface area contributed by atoms with E-state index in [0.29, 0.717) is 12.8 Å². The quantitative estimate of drug-likeness (QED) is 0.0470. The van der Waals surface area contributed by atoms with Crippen molar-refractivity contribution in [2.24, 2.45) is 5.41 Å². The van der Waals surface area contributed by atoms with E-state index in [0.717, 1.165) is 51.4 Å². The number of hydrogen-bond donors (Lipinski definition) is 4. The topological polar surface area (TPSA) is 132 Å². The number of aliphatic hydroxyl groups is 1. The van der Waals surface area contributed by atoms with E-state index < -0.39 is 35.3 Å². The second-order valence-corrected chi connectivity index (χ2v) is 15.2. The van der Waals surface area contributed by atoms with Crippen LogP contribution in [0.5, 0.6) is 0 Å². The molecule has 49 heavy (non-hydrogen) atoms. The van der Waals surface area contributed by atoms with Gasteiger partial charge in [0.05, 0.1) is 6.42 Å². The Morgan fingerprint density at radius 3 is 0.776 bits per heavy atom. The molecule has 0 fully saturated rings. The van der Waals surface area contributed by atoms with Crippen molar-refractivity contribution in [3.63, 3.8) is 0 Å². The molecule has 1 unspecified atom stereocenters. The Hall–Kier alpha value is -1.63. The summed E-state index contributed by atoms with van der Waals surface area (Å²) in [5, 5.41) is 41.0. The minimum absolute atomic E-state index is 0.0321. The lowest BCUT2D eigenvalue weighted by Crippen LogP contribution is -2.59. The summed E-state index contributed by atoms with van der Waals surface area (Å²) >= 11 is 0. The number of carboxylic acids is 3. The van der Waals surface area contributed by atoms with E-state index in [-0.39, 0.29) is 12.8 Å². The van der Waals surface area contributed by atoms with E-state index in [9.17, 15) is 34.8 Å². The van der Waals surface area contributed by atoms with E-state index >= 15 is 0 Å². The second kappa shape index (κ2) is 32.3. The van der Waals surface area contributed by atoms with Gasteiger partial charge in [-0.05, 0) is 12.8 Å². The minimum Gasteiger partial charge on any atom is -0.481 e. The molecule has 0 radical (unpaired) electrons. The van der Waals surface area contributed by atoms with E-state index in [1.54, 1.807) is 0 Å². The van der Waals surface area contributed by atoms with E-state index in [2.05, 4.69) is 13.8 Å². The molecule has 0 aromatic carbocycles. The van der Waals surface area contributed by atoms with Gasteiger partial charge in [-0.1, -0.05) is 219 Å². The van der Waals surface area contributed by atoms with Gasteiger partial charge in [0.2, 0.25) is 0 Å². The number of unbranched alkanes of at least 4 members (excludes halogenated alkanes) is 30. The molecule has 0 aromatic rings. The van der Waals surface area contributed by atoms with E-state index in [1.165, 1.54) is 141 Å². The Labute approximate surface area is 301 Å². The molecular formula is C42H80O7. The third kappa shape index (κ3) is 23.5. The van der Waals surface area contributed by atoms with Crippen LogP contribution in [0.4, 0.5) is 0 Å². The van der Waals surface area contributed by atoms with Crippen molar-refractivity contribution in [1.29, 1.82) is 0 Å². The number of aliphatic carboxylic acids is 3. The number of carbonyl (C=O) groups is 3. The van der Waals surface area contributed by atoms with Crippen LogP contribution in [0.1, 0.15) is 239 Å². The number of hydrogen-bond acceptors (Lipinski definition) is 4. The first-order valence-electron chi connectivity index (χ1n) is 21.1. The van der Waals surface area contributed by atoms with Crippen molar-refractivity contribution < 1.29 is 34.8 Å². The van der Waals surface area contributed by atoms with Crippen LogP contribution in [0.15, 0.2) is 0 Å². The van der Waals surface area contributed by atoms with Crippen LogP contribution in [0.2, 0.25) is 0 Å². The van der Waals surface area contributed by atoms with Gasteiger partial charge in [0.15, 0.2) is 5.60 Å². The summed E-state index contributed by atoms with van der Waals surface area (Å²) in [4.78, 5) is 36.6. The van der Waals surface area contributed by atoms with Crippen LogP contribution in [0.25, 0.3) is 0 Å². The Balaban J connectivity index is 4.48. The first kappa shape index (κ1) is 47.4. The van der Waals surface area contributed by atoms with Crippen LogP contribution in [0, 0.1) is 5.41 Å². The molecule has 0 aromatic heterocycles. The van der Waals surface area contributed by atoms with E-state index in [1.807, 2.05) is 0 Å². The molecule has 290 valence electrons. The maximum absolute atomic E-state index is 12.7. The molecule has 0 saturated heterocycles. The largest absolute Gasteiger partial charge is 0.481 e. The highest BCUT2D eigenvalue weighted by molar-refractivity contribution is 5.92. The van der Waals surface area contributed by atoms with Crippen molar-refractivity contribution in [3.8, 4) is 0 Å². The molecule has 7 nitrogen and oxygen atoms in total. The van der Waals surface area contributed by atoms with Gasteiger partial charge in [0, 0.05) is 0 Å². The van der Waals surface area contributed by atoms with Gasteiger partial charge in [0.1, 0.15) is 5.41 Å². The molecule has 4 N–H and O–H groups in total. The molecule has 0 amide bonds. The van der Waals surface area contributed by atoms with Crippen LogP contribution in [-0.4, -0.2) is 43.9 Å². The normalized spacial score (nSPS) is 13.0. The predicted octanol–water partition coefficient (Wildman–Crippen LogP) is 12.7. The van der Waals surface area contributed by atoms with Gasteiger partial charge in [-0.2, -0.15) is 0 Å². The van der Waals surface area contributed by atoms with E-state index in [4.69, 9.17) is 0 Å². The minimum atomic E-state index is -2.85. The maximum Gasteiger partial charge on any atom is 0.337 e. The molecular weight excluding hydrogens is 616 g/mol. The highest BCUT2D eigenvalue weighted by Crippen LogP contribution is 2.45. The Morgan fingerprint density at radius 2 is 0.592 bits per heavy atom. The van der Waals surface area contributed by atoms with Crippen LogP contribution in [0.3, 0.4) is 0 Å². The zero-order valence-corrected chi connectivity index (χ0v) is 32.3. The predicted molar refractivity (Wildman–Crippen MR) is 203 cm³/mol. The lowest BCUT2D eigenvalue weighted by molar-refractivity contribution is -0.196. The summed E-state index contributed by atoms with van der Waals surface area (Å²) in [6, 6.07) is 0. The van der Waals surface area contributed by atoms with Gasteiger partial charge in [-0.25, -0.2) is 4.79 Å². The molecule has 0 aliphatic rings. The summed E-state index contributed by atoms with van der Waals surface area (Å²) < 4.78 is 0. The Bertz CT molecular complexity index is 762. The SMILES string of the molecule is CCCCCCCCCCCCCCCCCCC(CCCCCCCCCCCCCCCCCC)(C(=O)O)C(O)(CC(=O)O)C(=O)O. The summed E-state index contributed by atoms with van der Waals surface area (Å²) in [7, 11) is 0. The molecule has 0 aliphatic heterocycles. The number of rotatable bonds is 39. The number of carboxylic acid groups (broad SMARTS) is 3. The maximum atomic E-state index is 12.7. The summed E-state index contributed by atoms with van der Waals surface area (Å²) in [6.07, 6.45) is 36.4. The standard InChI is InChI=1S/C42H80O7/c1-3-5-7-9-11-13-15-17-19-21-23-25-27-29-31-33-35-41(39(45)46,42(49,40(47)48)37-38(43)44)36-34-32-30-28-26-24-22-20-18-16-14-12-10-8-6-4-2/h49H,3-37H2,1-2H3,(H,43,44)(H,45,46)(H,47,48). The molecule has 7 heteroatoms. The molecule has 0 rings (SSSR count). The third-order valence-electron chi connectivity index (χ3n) is 10.9. The summed E-state index contributed by atoms with van der Waals surface area (Å²) in [5.41, 5.74) is -4.88. The first-order valence-corrected chi connectivity index (χ1v) is 21.1. The molecule has 1 atom stereocenters. The lowest BCUT2D eigenvalue weighted by atomic mass is 9.64. The van der Waals surface area contributed by atoms with Gasteiger partial charge in [-0.3, -0.25) is 9.59 Å².